The van der Waals surface area contributed by atoms with E-state index in [4.69, 9.17) is 0 Å². The van der Waals surface area contributed by atoms with Crippen molar-refractivity contribution in [3.8, 4) is 0 Å². The molecule has 5 nitrogen and oxygen atoms in total. The Bertz CT molecular complexity index is 1030. The molecule has 1 aliphatic rings. The summed E-state index contributed by atoms with van der Waals surface area (Å²) in [7, 11) is -3.29. The third kappa shape index (κ3) is 5.75. The quantitative estimate of drug-likeness (QED) is 0.744. The van der Waals surface area contributed by atoms with Crippen molar-refractivity contribution in [2.24, 2.45) is 0 Å². The van der Waals surface area contributed by atoms with Gasteiger partial charge in [-0.3, -0.25) is 4.79 Å². The molecule has 1 saturated heterocycles. The molecule has 3 rings (SSSR count). The smallest absolute Gasteiger partial charge is 0.370 e. The average molecular weight is 440 g/mol. The number of nitrogens with one attached hydrogen (secondary N) is 1. The first-order chi connectivity index (χ1) is 14.0. The van der Waals surface area contributed by atoms with Gasteiger partial charge in [0.1, 0.15) is 0 Å². The Balaban J connectivity index is 1.92. The second kappa shape index (κ2) is 8.67. The first-order valence-corrected chi connectivity index (χ1v) is 11.6. The predicted molar refractivity (Wildman–Crippen MR) is 110 cm³/mol. The minimum atomic E-state index is -4.53. The van der Waals surface area contributed by atoms with Gasteiger partial charge in [0, 0.05) is 24.9 Å². The number of hydrogen-bond acceptors (Lipinski definition) is 4. The highest BCUT2D eigenvalue weighted by Gasteiger charge is 2.32. The third-order valence-electron chi connectivity index (χ3n) is 4.89. The first-order valence-electron chi connectivity index (χ1n) is 9.57. The summed E-state index contributed by atoms with van der Waals surface area (Å²) in [5, 5.41) is 2.60. The highest BCUT2D eigenvalue weighted by molar-refractivity contribution is 7.89. The lowest BCUT2D eigenvalue weighted by Gasteiger charge is -2.31. The number of amides is 1. The van der Waals surface area contributed by atoms with Crippen molar-refractivity contribution in [1.29, 1.82) is 0 Å². The standard InChI is InChI=1S/C21H23F3N2O3S/c1-30(28,29)14-15-6-5-7-16(12-15)20(27)25-18-13-17(21(22,23)24)8-9-19(18)26-10-3-2-4-11-26/h5-9,12-13H,2-4,10-11,14H2,1H3,(H,25,27). The van der Waals surface area contributed by atoms with Crippen molar-refractivity contribution >= 4 is 27.1 Å². The normalized spacial score (nSPS) is 15.1. The van der Waals surface area contributed by atoms with Gasteiger partial charge in [-0.15, -0.1) is 0 Å². The van der Waals surface area contributed by atoms with Crippen molar-refractivity contribution in [3.05, 3.63) is 59.2 Å². The van der Waals surface area contributed by atoms with Crippen LogP contribution in [0.3, 0.4) is 0 Å². The number of sulfone groups is 1. The zero-order chi connectivity index (χ0) is 21.9. The summed E-state index contributed by atoms with van der Waals surface area (Å²) in [5.41, 5.74) is 0.404. The van der Waals surface area contributed by atoms with Crippen LogP contribution in [0.4, 0.5) is 24.5 Å². The molecule has 1 aliphatic heterocycles. The molecule has 1 amide bonds. The molecule has 0 aromatic heterocycles. The Hall–Kier alpha value is -2.55. The van der Waals surface area contributed by atoms with Crippen molar-refractivity contribution < 1.29 is 26.4 Å². The molecule has 0 spiro atoms. The van der Waals surface area contributed by atoms with Crippen LogP contribution in [0.5, 0.6) is 0 Å². The van der Waals surface area contributed by atoms with E-state index >= 15 is 0 Å². The lowest BCUT2D eigenvalue weighted by molar-refractivity contribution is -0.137. The number of piperidine rings is 1. The van der Waals surface area contributed by atoms with Gasteiger partial charge in [-0.1, -0.05) is 12.1 Å². The molecular weight excluding hydrogens is 417 g/mol. The van der Waals surface area contributed by atoms with E-state index < -0.39 is 27.5 Å². The van der Waals surface area contributed by atoms with Crippen molar-refractivity contribution in [1.82, 2.24) is 0 Å². The van der Waals surface area contributed by atoms with E-state index in [1.165, 1.54) is 18.2 Å². The monoisotopic (exact) mass is 440 g/mol. The van der Waals surface area contributed by atoms with Gasteiger partial charge < -0.3 is 10.2 Å². The van der Waals surface area contributed by atoms with Gasteiger partial charge in [0.05, 0.1) is 22.7 Å². The Labute approximate surface area is 173 Å². The van der Waals surface area contributed by atoms with Gasteiger partial charge in [-0.2, -0.15) is 13.2 Å². The molecule has 2 aromatic carbocycles. The van der Waals surface area contributed by atoms with Crippen LogP contribution >= 0.6 is 0 Å². The van der Waals surface area contributed by atoms with Crippen LogP contribution in [0.2, 0.25) is 0 Å². The van der Waals surface area contributed by atoms with Gasteiger partial charge in [-0.05, 0) is 55.2 Å². The lowest BCUT2D eigenvalue weighted by Crippen LogP contribution is -2.30. The molecule has 1 heterocycles. The molecule has 0 unspecified atom stereocenters. The van der Waals surface area contributed by atoms with Gasteiger partial charge in [0.25, 0.3) is 5.91 Å². The summed E-state index contributed by atoms with van der Waals surface area (Å²) < 4.78 is 62.7. The topological polar surface area (TPSA) is 66.5 Å². The van der Waals surface area contributed by atoms with Crippen LogP contribution in [-0.2, 0) is 21.8 Å². The third-order valence-corrected chi connectivity index (χ3v) is 5.74. The highest BCUT2D eigenvalue weighted by atomic mass is 32.2. The van der Waals surface area contributed by atoms with Crippen LogP contribution in [-0.4, -0.2) is 33.7 Å². The molecule has 9 heteroatoms. The maximum atomic E-state index is 13.2. The van der Waals surface area contributed by atoms with E-state index in [0.29, 0.717) is 24.3 Å². The van der Waals surface area contributed by atoms with E-state index in [0.717, 1.165) is 37.7 Å². The van der Waals surface area contributed by atoms with E-state index in [1.807, 2.05) is 4.90 Å². The van der Waals surface area contributed by atoms with Crippen LogP contribution in [0, 0.1) is 0 Å². The number of nitrogens with zero attached hydrogens (tertiary/aromatic N) is 1. The van der Waals surface area contributed by atoms with Gasteiger partial charge in [0.15, 0.2) is 9.84 Å². The molecule has 2 aromatic rings. The molecule has 0 atom stereocenters. The summed E-state index contributed by atoms with van der Waals surface area (Å²) in [6.45, 7) is 1.41. The minimum absolute atomic E-state index is 0.0882. The SMILES string of the molecule is CS(=O)(=O)Cc1cccc(C(=O)Nc2cc(C(F)(F)F)ccc2N2CCCCC2)c1. The fraction of sp³-hybridized carbons (Fsp3) is 0.381. The second-order valence-electron chi connectivity index (χ2n) is 7.50. The van der Waals surface area contributed by atoms with Gasteiger partial charge >= 0.3 is 6.18 Å². The number of carbonyl (C=O) groups excluding carboxylic acids is 1. The molecule has 162 valence electrons. The fourth-order valence-electron chi connectivity index (χ4n) is 3.52. The van der Waals surface area contributed by atoms with Crippen LogP contribution in [0.25, 0.3) is 0 Å². The van der Waals surface area contributed by atoms with E-state index in [2.05, 4.69) is 5.32 Å². The molecule has 0 aliphatic carbocycles. The predicted octanol–water partition coefficient (Wildman–Crippen LogP) is 4.49. The maximum absolute atomic E-state index is 13.2. The van der Waals surface area contributed by atoms with Gasteiger partial charge in [0.2, 0.25) is 0 Å². The molecule has 0 saturated carbocycles. The number of benzene rings is 2. The molecule has 0 bridgehead atoms. The number of carbonyl (C=O) groups is 1. The second-order valence-corrected chi connectivity index (χ2v) is 9.64. The summed E-state index contributed by atoms with van der Waals surface area (Å²) in [4.78, 5) is 14.7. The molecule has 30 heavy (non-hydrogen) atoms. The van der Waals surface area contributed by atoms with Crippen LogP contribution in [0.1, 0.15) is 40.7 Å². The largest absolute Gasteiger partial charge is 0.416 e. The molecular formula is C21H23F3N2O3S. The molecule has 0 radical (unpaired) electrons. The minimum Gasteiger partial charge on any atom is -0.370 e. The van der Waals surface area contributed by atoms with E-state index in [-0.39, 0.29) is 17.0 Å². The zero-order valence-corrected chi connectivity index (χ0v) is 17.3. The molecule has 1 N–H and O–H groups in total. The van der Waals surface area contributed by atoms with Crippen LogP contribution in [0.15, 0.2) is 42.5 Å². The number of halogens is 3. The number of hydrogen-bond donors (Lipinski definition) is 1. The van der Waals surface area contributed by atoms with Crippen LogP contribution < -0.4 is 10.2 Å². The van der Waals surface area contributed by atoms with E-state index in [9.17, 15) is 26.4 Å². The Morgan fingerprint density at radius 2 is 1.77 bits per heavy atom. The Kier molecular flexibility index (Phi) is 6.40. The average Bonchev–Trinajstić information content (AvgIpc) is 2.67. The highest BCUT2D eigenvalue weighted by Crippen LogP contribution is 2.36. The summed E-state index contributed by atoms with van der Waals surface area (Å²) >= 11 is 0. The zero-order valence-electron chi connectivity index (χ0n) is 16.5. The molecule has 1 fully saturated rings. The number of alkyl halides is 3. The van der Waals surface area contributed by atoms with E-state index in [1.54, 1.807) is 12.1 Å². The fourth-order valence-corrected chi connectivity index (χ4v) is 4.31. The summed E-state index contributed by atoms with van der Waals surface area (Å²) in [5.74, 6) is -0.820. The van der Waals surface area contributed by atoms with Crippen molar-refractivity contribution in [2.75, 3.05) is 29.6 Å². The number of rotatable bonds is 5. The summed E-state index contributed by atoms with van der Waals surface area (Å²) in [6, 6.07) is 9.42. The number of anilines is 2. The Morgan fingerprint density at radius 3 is 2.40 bits per heavy atom. The van der Waals surface area contributed by atoms with Crippen molar-refractivity contribution in [3.63, 3.8) is 0 Å². The maximum Gasteiger partial charge on any atom is 0.416 e. The van der Waals surface area contributed by atoms with Gasteiger partial charge in [-0.25, -0.2) is 8.42 Å². The first kappa shape index (κ1) is 22.1. The Morgan fingerprint density at radius 1 is 1.07 bits per heavy atom. The van der Waals surface area contributed by atoms with Crippen molar-refractivity contribution in [2.45, 2.75) is 31.2 Å². The summed E-state index contributed by atoms with van der Waals surface area (Å²) in [6.07, 6.45) is -0.515. The lowest BCUT2D eigenvalue weighted by atomic mass is 10.1.